The van der Waals surface area contributed by atoms with E-state index >= 15 is 0 Å². The minimum Gasteiger partial charge on any atom is -0.455 e. The Morgan fingerprint density at radius 1 is 1.14 bits per heavy atom. The molecular formula is C22H23ClN2O4. The van der Waals surface area contributed by atoms with Crippen molar-refractivity contribution in [2.45, 2.75) is 27.2 Å². The Morgan fingerprint density at radius 2 is 1.86 bits per heavy atom. The van der Waals surface area contributed by atoms with Gasteiger partial charge in [-0.1, -0.05) is 29.8 Å². The van der Waals surface area contributed by atoms with Crippen molar-refractivity contribution in [1.82, 2.24) is 0 Å². The first-order valence-corrected chi connectivity index (χ1v) is 9.74. The van der Waals surface area contributed by atoms with Gasteiger partial charge in [-0.25, -0.2) is 0 Å². The number of halogens is 1. The number of aryl methyl sites for hydroxylation is 1. The van der Waals surface area contributed by atoms with Crippen LogP contribution in [0.2, 0.25) is 5.02 Å². The lowest BCUT2D eigenvalue weighted by atomic mass is 10.1. The average Bonchev–Trinajstić information content (AvgIpc) is 3.07. The number of rotatable bonds is 5. The Labute approximate surface area is 174 Å². The van der Waals surface area contributed by atoms with E-state index in [2.05, 4.69) is 5.32 Å². The quantitative estimate of drug-likeness (QED) is 0.755. The molecule has 3 rings (SSSR count). The van der Waals surface area contributed by atoms with Crippen LogP contribution in [0.5, 0.6) is 0 Å². The first kappa shape index (κ1) is 20.9. The van der Waals surface area contributed by atoms with Crippen LogP contribution in [-0.2, 0) is 19.1 Å². The van der Waals surface area contributed by atoms with Crippen LogP contribution in [0.4, 0.5) is 11.4 Å². The lowest BCUT2D eigenvalue weighted by Gasteiger charge is -2.19. The molecule has 1 fully saturated rings. The smallest absolute Gasteiger partial charge is 0.311 e. The Balaban J connectivity index is 1.57. The molecule has 1 heterocycles. The van der Waals surface area contributed by atoms with Crippen LogP contribution in [0, 0.1) is 26.7 Å². The van der Waals surface area contributed by atoms with Gasteiger partial charge < -0.3 is 15.0 Å². The van der Waals surface area contributed by atoms with E-state index < -0.39 is 24.4 Å². The number of benzene rings is 2. The molecule has 0 radical (unpaired) electrons. The molecule has 0 spiro atoms. The van der Waals surface area contributed by atoms with Gasteiger partial charge in [0.1, 0.15) is 0 Å². The van der Waals surface area contributed by atoms with Crippen LogP contribution in [0.25, 0.3) is 0 Å². The molecule has 7 heteroatoms. The molecule has 1 aliphatic rings. The fourth-order valence-corrected chi connectivity index (χ4v) is 3.48. The number of nitrogens with one attached hydrogen (secondary N) is 1. The van der Waals surface area contributed by atoms with Gasteiger partial charge in [-0.15, -0.1) is 0 Å². The highest BCUT2D eigenvalue weighted by Gasteiger charge is 2.37. The first-order valence-electron chi connectivity index (χ1n) is 9.36. The molecule has 6 nitrogen and oxygen atoms in total. The van der Waals surface area contributed by atoms with Crippen LogP contribution in [-0.4, -0.2) is 30.9 Å². The number of ether oxygens (including phenoxy) is 1. The summed E-state index contributed by atoms with van der Waals surface area (Å²) in [6.45, 7) is 5.50. The molecule has 152 valence electrons. The minimum atomic E-state index is -0.616. The molecule has 2 amide bonds. The number of hydrogen-bond acceptors (Lipinski definition) is 4. The zero-order valence-corrected chi connectivity index (χ0v) is 17.4. The minimum absolute atomic E-state index is 0.0450. The second-order valence-corrected chi connectivity index (χ2v) is 7.60. The number of carbonyl (C=O) groups excluding carboxylic acids is 3. The van der Waals surface area contributed by atoms with Crippen molar-refractivity contribution in [2.24, 2.45) is 5.92 Å². The monoisotopic (exact) mass is 414 g/mol. The van der Waals surface area contributed by atoms with Gasteiger partial charge in [-0.05, 0) is 55.7 Å². The van der Waals surface area contributed by atoms with Gasteiger partial charge in [0.15, 0.2) is 6.61 Å². The van der Waals surface area contributed by atoms with Gasteiger partial charge >= 0.3 is 5.97 Å². The van der Waals surface area contributed by atoms with Crippen molar-refractivity contribution in [2.75, 3.05) is 23.4 Å². The van der Waals surface area contributed by atoms with E-state index in [1.807, 2.05) is 32.9 Å². The molecule has 1 N–H and O–H groups in total. The third-order valence-corrected chi connectivity index (χ3v) is 5.62. The summed E-state index contributed by atoms with van der Waals surface area (Å²) in [6.07, 6.45) is 0.0450. The maximum Gasteiger partial charge on any atom is 0.311 e. The van der Waals surface area contributed by atoms with Crippen LogP contribution in [0.3, 0.4) is 0 Å². The van der Waals surface area contributed by atoms with Crippen molar-refractivity contribution in [3.8, 4) is 0 Å². The van der Waals surface area contributed by atoms with Gasteiger partial charge in [0.05, 0.1) is 5.92 Å². The van der Waals surface area contributed by atoms with Crippen molar-refractivity contribution < 1.29 is 19.1 Å². The molecule has 0 saturated carbocycles. The topological polar surface area (TPSA) is 75.7 Å². The molecule has 0 aromatic heterocycles. The van der Waals surface area contributed by atoms with Gasteiger partial charge in [0.2, 0.25) is 5.91 Å². The summed E-state index contributed by atoms with van der Waals surface area (Å²) in [5.41, 5.74) is 4.17. The Kier molecular flexibility index (Phi) is 6.23. The van der Waals surface area contributed by atoms with E-state index in [4.69, 9.17) is 16.3 Å². The maximum atomic E-state index is 12.4. The van der Waals surface area contributed by atoms with E-state index in [1.165, 1.54) is 0 Å². The van der Waals surface area contributed by atoms with E-state index in [-0.39, 0.29) is 18.9 Å². The molecule has 1 aliphatic heterocycles. The summed E-state index contributed by atoms with van der Waals surface area (Å²) in [6, 6.07) is 10.9. The summed E-state index contributed by atoms with van der Waals surface area (Å²) >= 11 is 6.14. The van der Waals surface area contributed by atoms with E-state index in [1.54, 1.807) is 29.2 Å². The average molecular weight is 415 g/mol. The van der Waals surface area contributed by atoms with Crippen LogP contribution in [0.15, 0.2) is 36.4 Å². The summed E-state index contributed by atoms with van der Waals surface area (Å²) in [5.74, 6) is -1.76. The highest BCUT2D eigenvalue weighted by Crippen LogP contribution is 2.31. The van der Waals surface area contributed by atoms with E-state index in [9.17, 15) is 14.4 Å². The largest absolute Gasteiger partial charge is 0.455 e. The first-order chi connectivity index (χ1) is 13.8. The molecule has 1 saturated heterocycles. The standard InChI is InChI=1S/C22H23ClN2O4/c1-13-6-4-8-18(14(13)2)24-20(26)12-29-22(28)16-10-21(27)25(11-16)19-9-5-7-17(23)15(19)3/h4-9,16H,10-12H2,1-3H3,(H,24,26)/t16-/m0/s1. The van der Waals surface area contributed by atoms with Gasteiger partial charge in [-0.3, -0.25) is 14.4 Å². The number of anilines is 2. The van der Waals surface area contributed by atoms with Gasteiger partial charge in [-0.2, -0.15) is 0 Å². The third-order valence-electron chi connectivity index (χ3n) is 5.21. The highest BCUT2D eigenvalue weighted by molar-refractivity contribution is 6.31. The molecule has 1 atom stereocenters. The van der Waals surface area contributed by atoms with Crippen LogP contribution >= 0.6 is 11.6 Å². The number of amides is 2. The second-order valence-electron chi connectivity index (χ2n) is 7.19. The van der Waals surface area contributed by atoms with Crippen molar-refractivity contribution in [1.29, 1.82) is 0 Å². The van der Waals surface area contributed by atoms with Crippen molar-refractivity contribution in [3.05, 3.63) is 58.1 Å². The zero-order valence-electron chi connectivity index (χ0n) is 16.6. The Bertz CT molecular complexity index is 973. The molecular weight excluding hydrogens is 392 g/mol. The lowest BCUT2D eigenvalue weighted by molar-refractivity contribution is -0.151. The van der Waals surface area contributed by atoms with Gasteiger partial charge in [0.25, 0.3) is 5.91 Å². The van der Waals surface area contributed by atoms with Crippen LogP contribution in [0.1, 0.15) is 23.1 Å². The number of esters is 1. The maximum absolute atomic E-state index is 12.4. The Morgan fingerprint density at radius 3 is 2.62 bits per heavy atom. The third kappa shape index (κ3) is 4.59. The highest BCUT2D eigenvalue weighted by atomic mass is 35.5. The molecule has 0 unspecified atom stereocenters. The number of carbonyl (C=O) groups is 3. The van der Waals surface area contributed by atoms with Crippen LogP contribution < -0.4 is 10.2 Å². The summed E-state index contributed by atoms with van der Waals surface area (Å²) in [4.78, 5) is 38.5. The van der Waals surface area contributed by atoms with E-state index in [0.29, 0.717) is 16.4 Å². The number of hydrogen-bond donors (Lipinski definition) is 1. The fraction of sp³-hybridized carbons (Fsp3) is 0.318. The SMILES string of the molecule is Cc1cccc(NC(=O)COC(=O)[C@H]2CC(=O)N(c3cccc(Cl)c3C)C2)c1C. The number of nitrogens with zero attached hydrogens (tertiary/aromatic N) is 1. The molecule has 29 heavy (non-hydrogen) atoms. The fourth-order valence-electron chi connectivity index (χ4n) is 3.31. The molecule has 2 aromatic carbocycles. The lowest BCUT2D eigenvalue weighted by Crippen LogP contribution is -2.28. The normalized spacial score (nSPS) is 16.1. The predicted molar refractivity (Wildman–Crippen MR) is 112 cm³/mol. The molecule has 2 aromatic rings. The van der Waals surface area contributed by atoms with Gasteiger partial charge in [0, 0.05) is 29.4 Å². The summed E-state index contributed by atoms with van der Waals surface area (Å²) in [5, 5.41) is 3.31. The summed E-state index contributed by atoms with van der Waals surface area (Å²) in [7, 11) is 0. The predicted octanol–water partition coefficient (Wildman–Crippen LogP) is 3.80. The molecule has 0 aliphatic carbocycles. The van der Waals surface area contributed by atoms with Crippen molar-refractivity contribution >= 4 is 40.8 Å². The van der Waals surface area contributed by atoms with E-state index in [0.717, 1.165) is 16.7 Å². The summed E-state index contributed by atoms with van der Waals surface area (Å²) < 4.78 is 5.16. The second kappa shape index (κ2) is 8.66. The molecule has 0 bridgehead atoms. The van der Waals surface area contributed by atoms with Crippen molar-refractivity contribution in [3.63, 3.8) is 0 Å². The Hall–Kier alpha value is -2.86. The zero-order chi connectivity index (χ0) is 21.1.